The number of carboxylic acid groups (broad SMARTS) is 1. The fourth-order valence-electron chi connectivity index (χ4n) is 2.67. The first-order chi connectivity index (χ1) is 11.9. The third kappa shape index (κ3) is 4.37. The van der Waals surface area contributed by atoms with Crippen molar-refractivity contribution in [3.63, 3.8) is 0 Å². The van der Waals surface area contributed by atoms with Gasteiger partial charge in [-0.1, -0.05) is 24.3 Å². The monoisotopic (exact) mass is 344 g/mol. The number of carboxylic acids is 1. The number of rotatable bonds is 7. The molecule has 1 aliphatic carbocycles. The third-order valence-corrected chi connectivity index (χ3v) is 4.09. The van der Waals surface area contributed by atoms with E-state index in [0.717, 1.165) is 11.1 Å². The Balaban J connectivity index is 1.67. The number of benzene rings is 2. The van der Waals surface area contributed by atoms with E-state index >= 15 is 0 Å². The van der Waals surface area contributed by atoms with Gasteiger partial charge in [-0.3, -0.25) is 4.79 Å². The molecule has 2 atom stereocenters. The Morgan fingerprint density at radius 3 is 2.56 bits per heavy atom. The van der Waals surface area contributed by atoms with Crippen LogP contribution in [0.4, 0.5) is 4.39 Å². The molecule has 4 nitrogen and oxygen atoms in total. The van der Waals surface area contributed by atoms with Gasteiger partial charge in [0.2, 0.25) is 0 Å². The maximum atomic E-state index is 14.1. The lowest BCUT2D eigenvalue weighted by Crippen LogP contribution is -2.05. The van der Waals surface area contributed by atoms with E-state index in [0.29, 0.717) is 24.3 Å². The lowest BCUT2D eigenvalue weighted by Gasteiger charge is -2.12. The van der Waals surface area contributed by atoms with Crippen molar-refractivity contribution in [2.24, 2.45) is 5.92 Å². The summed E-state index contributed by atoms with van der Waals surface area (Å²) in [5.74, 6) is -0.856. The molecule has 1 N–H and O–H groups in total. The largest absolute Gasteiger partial charge is 0.491 e. The van der Waals surface area contributed by atoms with Crippen LogP contribution in [0.1, 0.15) is 25.8 Å². The van der Waals surface area contributed by atoms with E-state index < -0.39 is 5.97 Å². The van der Waals surface area contributed by atoms with E-state index in [9.17, 15) is 9.18 Å². The van der Waals surface area contributed by atoms with Gasteiger partial charge in [0, 0.05) is 5.56 Å². The van der Waals surface area contributed by atoms with Gasteiger partial charge in [0.1, 0.15) is 11.6 Å². The van der Waals surface area contributed by atoms with E-state index in [1.54, 1.807) is 12.1 Å². The van der Waals surface area contributed by atoms with Crippen LogP contribution in [0.5, 0.6) is 5.75 Å². The van der Waals surface area contributed by atoms with Gasteiger partial charge >= 0.3 is 5.97 Å². The minimum absolute atomic E-state index is 0.0230. The summed E-state index contributed by atoms with van der Waals surface area (Å²) in [5, 5.41) is 8.86. The second kappa shape index (κ2) is 7.23. The number of halogens is 1. The predicted molar refractivity (Wildman–Crippen MR) is 91.9 cm³/mol. The zero-order chi connectivity index (χ0) is 18.0. The van der Waals surface area contributed by atoms with Gasteiger partial charge in [-0.15, -0.1) is 0 Å². The molecule has 1 aliphatic rings. The van der Waals surface area contributed by atoms with Crippen molar-refractivity contribution in [2.45, 2.75) is 39.1 Å². The molecule has 0 spiro atoms. The quantitative estimate of drug-likeness (QED) is 0.815. The van der Waals surface area contributed by atoms with Gasteiger partial charge in [-0.2, -0.15) is 0 Å². The second-order valence-electron chi connectivity index (χ2n) is 6.54. The average molecular weight is 344 g/mol. The lowest BCUT2D eigenvalue weighted by molar-refractivity contribution is -0.139. The van der Waals surface area contributed by atoms with Crippen LogP contribution in [-0.2, 0) is 16.1 Å². The van der Waals surface area contributed by atoms with Gasteiger partial charge in [0.25, 0.3) is 0 Å². The fraction of sp³-hybridized carbons (Fsp3) is 0.350. The fourth-order valence-corrected chi connectivity index (χ4v) is 2.67. The highest BCUT2D eigenvalue weighted by Gasteiger charge is 2.44. The highest BCUT2D eigenvalue weighted by Crippen LogP contribution is 2.34. The smallest absolute Gasteiger partial charge is 0.309 e. The maximum absolute atomic E-state index is 14.1. The van der Waals surface area contributed by atoms with E-state index in [1.807, 2.05) is 38.1 Å². The summed E-state index contributed by atoms with van der Waals surface area (Å²) in [6.45, 7) is 4.20. The molecule has 1 saturated carbocycles. The topological polar surface area (TPSA) is 55.8 Å². The molecular formula is C20H21FO4. The molecule has 1 fully saturated rings. The van der Waals surface area contributed by atoms with Crippen LogP contribution < -0.4 is 4.74 Å². The Labute approximate surface area is 146 Å². The second-order valence-corrected chi connectivity index (χ2v) is 6.54. The summed E-state index contributed by atoms with van der Waals surface area (Å²) >= 11 is 0. The Kier molecular flexibility index (Phi) is 5.04. The summed E-state index contributed by atoms with van der Waals surface area (Å²) in [4.78, 5) is 10.8. The summed E-state index contributed by atoms with van der Waals surface area (Å²) < 4.78 is 25.3. The molecule has 2 aromatic carbocycles. The summed E-state index contributed by atoms with van der Waals surface area (Å²) in [6.07, 6.45) is 0.399. The van der Waals surface area contributed by atoms with Crippen molar-refractivity contribution in [3.8, 4) is 16.9 Å². The maximum Gasteiger partial charge on any atom is 0.309 e. The van der Waals surface area contributed by atoms with Crippen molar-refractivity contribution in [1.29, 1.82) is 0 Å². The Morgan fingerprint density at radius 2 is 1.96 bits per heavy atom. The first-order valence-corrected chi connectivity index (χ1v) is 8.34. The average Bonchev–Trinajstić information content (AvgIpc) is 3.35. The Morgan fingerprint density at radius 1 is 1.24 bits per heavy atom. The van der Waals surface area contributed by atoms with Gasteiger partial charge in [-0.05, 0) is 49.6 Å². The molecule has 5 heteroatoms. The zero-order valence-electron chi connectivity index (χ0n) is 14.2. The highest BCUT2D eigenvalue weighted by atomic mass is 19.1. The summed E-state index contributed by atoms with van der Waals surface area (Å²) in [7, 11) is 0. The van der Waals surface area contributed by atoms with Crippen molar-refractivity contribution >= 4 is 5.97 Å². The molecular weight excluding hydrogens is 323 g/mol. The van der Waals surface area contributed by atoms with Crippen molar-refractivity contribution in [2.75, 3.05) is 0 Å². The SMILES string of the molecule is CC(C)Oc1ccc(F)c(-c2ccc(CO[C@@H]3C[C@H]3C(=O)O)cc2)c1. The molecule has 3 rings (SSSR count). The molecule has 0 heterocycles. The molecule has 0 bridgehead atoms. The van der Waals surface area contributed by atoms with Crippen molar-refractivity contribution < 1.29 is 23.8 Å². The first kappa shape index (κ1) is 17.4. The number of hydrogen-bond donors (Lipinski definition) is 1. The molecule has 0 saturated heterocycles. The van der Waals surface area contributed by atoms with Crippen molar-refractivity contribution in [3.05, 3.63) is 53.8 Å². The van der Waals surface area contributed by atoms with E-state index in [4.69, 9.17) is 14.6 Å². The highest BCUT2D eigenvalue weighted by molar-refractivity contribution is 5.74. The van der Waals surface area contributed by atoms with Gasteiger partial charge in [-0.25, -0.2) is 4.39 Å². The normalized spacial score (nSPS) is 19.0. The third-order valence-electron chi connectivity index (χ3n) is 4.09. The predicted octanol–water partition coefficient (Wildman–Crippen LogP) is 4.27. The Hall–Kier alpha value is -2.40. The van der Waals surface area contributed by atoms with Gasteiger partial charge in [0.05, 0.1) is 24.7 Å². The lowest BCUT2D eigenvalue weighted by atomic mass is 10.0. The van der Waals surface area contributed by atoms with E-state index in [2.05, 4.69) is 0 Å². The molecule has 2 aromatic rings. The Bertz CT molecular complexity index is 755. The van der Waals surface area contributed by atoms with E-state index in [1.165, 1.54) is 6.07 Å². The van der Waals surface area contributed by atoms with Crippen LogP contribution >= 0.6 is 0 Å². The molecule has 0 aromatic heterocycles. The van der Waals surface area contributed by atoms with Gasteiger partial charge in [0.15, 0.2) is 0 Å². The number of hydrogen-bond acceptors (Lipinski definition) is 3. The number of ether oxygens (including phenoxy) is 2. The molecule has 0 aliphatic heterocycles. The first-order valence-electron chi connectivity index (χ1n) is 8.34. The van der Waals surface area contributed by atoms with Crippen LogP contribution in [0.3, 0.4) is 0 Å². The molecule has 25 heavy (non-hydrogen) atoms. The molecule has 0 radical (unpaired) electrons. The van der Waals surface area contributed by atoms with Gasteiger partial charge < -0.3 is 14.6 Å². The zero-order valence-corrected chi connectivity index (χ0v) is 14.2. The van der Waals surface area contributed by atoms with Crippen LogP contribution in [0.25, 0.3) is 11.1 Å². The van der Waals surface area contributed by atoms with Crippen LogP contribution in [-0.4, -0.2) is 23.3 Å². The summed E-state index contributed by atoms with van der Waals surface area (Å²) in [6, 6.07) is 12.1. The van der Waals surface area contributed by atoms with Crippen LogP contribution in [0.2, 0.25) is 0 Å². The minimum Gasteiger partial charge on any atom is -0.491 e. The molecule has 132 valence electrons. The number of carbonyl (C=O) groups is 1. The minimum atomic E-state index is -0.806. The molecule has 0 amide bonds. The van der Waals surface area contributed by atoms with Crippen molar-refractivity contribution in [1.82, 2.24) is 0 Å². The van der Waals surface area contributed by atoms with Crippen LogP contribution in [0.15, 0.2) is 42.5 Å². The molecule has 0 unspecified atom stereocenters. The summed E-state index contributed by atoms with van der Waals surface area (Å²) in [5.41, 5.74) is 2.17. The van der Waals surface area contributed by atoms with Crippen LogP contribution in [0, 0.1) is 11.7 Å². The van der Waals surface area contributed by atoms with E-state index in [-0.39, 0.29) is 23.9 Å². The standard InChI is InChI=1S/C20H21FO4/c1-12(2)25-15-7-8-18(21)16(9-15)14-5-3-13(4-6-14)11-24-19-10-17(19)20(22)23/h3-9,12,17,19H,10-11H2,1-2H3,(H,22,23)/t17-,19-/m1/s1. The number of aliphatic carboxylic acids is 1.